The molecule has 0 aromatic heterocycles. The van der Waals surface area contributed by atoms with Crippen LogP contribution in [0, 0.1) is 0 Å². The molecule has 84 valence electrons. The normalized spacial score (nSPS) is 12.3. The molecule has 2 N–H and O–H groups in total. The quantitative estimate of drug-likeness (QED) is 0.820. The lowest BCUT2D eigenvalue weighted by atomic mass is 9.98. The van der Waals surface area contributed by atoms with Crippen molar-refractivity contribution < 1.29 is 4.74 Å². The first-order chi connectivity index (χ1) is 7.10. The first-order valence-electron chi connectivity index (χ1n) is 5.15. The van der Waals surface area contributed by atoms with Gasteiger partial charge in [-0.1, -0.05) is 6.92 Å². The van der Waals surface area contributed by atoms with Crippen molar-refractivity contribution >= 4 is 5.69 Å². The van der Waals surface area contributed by atoms with Crippen molar-refractivity contribution in [2.24, 2.45) is 5.73 Å². The fourth-order valence-electron chi connectivity index (χ4n) is 1.59. The number of nitrogens with two attached hydrogens (primary N) is 1. The molecule has 0 aliphatic rings. The molecular formula is C12H20N2O. The van der Waals surface area contributed by atoms with Gasteiger partial charge in [0.05, 0.1) is 7.11 Å². The van der Waals surface area contributed by atoms with Gasteiger partial charge in [0, 0.05) is 19.8 Å². The van der Waals surface area contributed by atoms with Crippen molar-refractivity contribution in [2.45, 2.75) is 12.8 Å². The molecule has 1 rings (SSSR count). The van der Waals surface area contributed by atoms with Gasteiger partial charge in [0.25, 0.3) is 0 Å². The molecule has 1 aromatic carbocycles. The summed E-state index contributed by atoms with van der Waals surface area (Å²) in [5.74, 6) is 1.23. The van der Waals surface area contributed by atoms with Crippen molar-refractivity contribution in [1.82, 2.24) is 0 Å². The van der Waals surface area contributed by atoms with E-state index < -0.39 is 0 Å². The van der Waals surface area contributed by atoms with E-state index in [0.29, 0.717) is 12.5 Å². The van der Waals surface area contributed by atoms with E-state index in [9.17, 15) is 0 Å². The fraction of sp³-hybridized carbons (Fsp3) is 0.500. The minimum atomic E-state index is 0.345. The van der Waals surface area contributed by atoms with Crippen LogP contribution in [0.5, 0.6) is 5.75 Å². The van der Waals surface area contributed by atoms with Crippen LogP contribution in [0.15, 0.2) is 18.2 Å². The van der Waals surface area contributed by atoms with Gasteiger partial charge in [-0.25, -0.2) is 0 Å². The summed E-state index contributed by atoms with van der Waals surface area (Å²) in [6.45, 7) is 2.77. The lowest BCUT2D eigenvalue weighted by Crippen LogP contribution is -2.16. The molecule has 0 saturated heterocycles. The van der Waals surface area contributed by atoms with E-state index in [1.54, 1.807) is 7.11 Å². The summed E-state index contributed by atoms with van der Waals surface area (Å²) in [4.78, 5) is 2.10. The molecule has 0 saturated carbocycles. The predicted molar refractivity (Wildman–Crippen MR) is 64.8 cm³/mol. The maximum atomic E-state index is 5.71. The zero-order valence-electron chi connectivity index (χ0n) is 9.95. The number of methoxy groups -OCH3 is 1. The van der Waals surface area contributed by atoms with Crippen molar-refractivity contribution in [3.63, 3.8) is 0 Å². The monoisotopic (exact) mass is 208 g/mol. The van der Waals surface area contributed by atoms with Gasteiger partial charge in [-0.2, -0.15) is 0 Å². The average molecular weight is 208 g/mol. The molecule has 0 spiro atoms. The van der Waals surface area contributed by atoms with Crippen LogP contribution in [0.2, 0.25) is 0 Å². The number of ether oxygens (including phenoxy) is 1. The molecule has 0 aliphatic carbocycles. The number of hydrogen-bond donors (Lipinski definition) is 1. The predicted octanol–water partition coefficient (Wildman–Crippen LogP) is 1.82. The number of nitrogens with zero attached hydrogens (tertiary/aromatic N) is 1. The maximum Gasteiger partial charge on any atom is 0.119 e. The Kier molecular flexibility index (Phi) is 3.97. The first kappa shape index (κ1) is 11.9. The summed E-state index contributed by atoms with van der Waals surface area (Å²) in [6, 6.07) is 6.11. The third-order valence-corrected chi connectivity index (χ3v) is 2.60. The highest BCUT2D eigenvalue weighted by Gasteiger charge is 2.11. The molecule has 1 atom stereocenters. The van der Waals surface area contributed by atoms with Crippen LogP contribution >= 0.6 is 0 Å². The lowest BCUT2D eigenvalue weighted by Gasteiger charge is -2.21. The molecule has 1 unspecified atom stereocenters. The number of hydrogen-bond acceptors (Lipinski definition) is 3. The molecule has 0 heterocycles. The highest BCUT2D eigenvalue weighted by molar-refractivity contribution is 5.56. The van der Waals surface area contributed by atoms with Crippen molar-refractivity contribution in [3.05, 3.63) is 23.8 Å². The van der Waals surface area contributed by atoms with Gasteiger partial charge in [-0.05, 0) is 36.2 Å². The molecule has 0 fully saturated rings. The smallest absolute Gasteiger partial charge is 0.119 e. The van der Waals surface area contributed by atoms with E-state index in [2.05, 4.69) is 24.0 Å². The number of benzene rings is 1. The highest BCUT2D eigenvalue weighted by Crippen LogP contribution is 2.29. The van der Waals surface area contributed by atoms with Gasteiger partial charge in [-0.15, -0.1) is 0 Å². The molecule has 0 radical (unpaired) electrons. The standard InChI is InChI=1S/C12H20N2O/c1-9(8-13)11-7-10(15-4)5-6-12(11)14(2)3/h5-7,9H,8,13H2,1-4H3. The Bertz CT molecular complexity index is 323. The van der Waals surface area contributed by atoms with Crippen LogP contribution in [0.3, 0.4) is 0 Å². The summed E-state index contributed by atoms with van der Waals surface area (Å²) in [5, 5.41) is 0. The third kappa shape index (κ3) is 2.63. The third-order valence-electron chi connectivity index (χ3n) is 2.60. The fourth-order valence-corrected chi connectivity index (χ4v) is 1.59. The zero-order chi connectivity index (χ0) is 11.4. The van der Waals surface area contributed by atoms with Crippen molar-refractivity contribution in [1.29, 1.82) is 0 Å². The minimum Gasteiger partial charge on any atom is -0.497 e. The van der Waals surface area contributed by atoms with Crippen LogP contribution in [-0.4, -0.2) is 27.7 Å². The van der Waals surface area contributed by atoms with Gasteiger partial charge < -0.3 is 15.4 Å². The second-order valence-electron chi connectivity index (χ2n) is 3.96. The summed E-state index contributed by atoms with van der Waals surface area (Å²) < 4.78 is 5.22. The van der Waals surface area contributed by atoms with E-state index in [1.165, 1.54) is 11.3 Å². The summed E-state index contributed by atoms with van der Waals surface area (Å²) in [6.07, 6.45) is 0. The Morgan fingerprint density at radius 1 is 1.40 bits per heavy atom. The maximum absolute atomic E-state index is 5.71. The van der Waals surface area contributed by atoms with Gasteiger partial charge in [-0.3, -0.25) is 0 Å². The molecule has 0 amide bonds. The first-order valence-corrected chi connectivity index (χ1v) is 5.15. The Balaban J connectivity index is 3.16. The van der Waals surface area contributed by atoms with Crippen LogP contribution in [0.4, 0.5) is 5.69 Å². The lowest BCUT2D eigenvalue weighted by molar-refractivity contribution is 0.414. The number of rotatable bonds is 4. The second kappa shape index (κ2) is 5.03. The Morgan fingerprint density at radius 3 is 2.53 bits per heavy atom. The molecule has 0 bridgehead atoms. The van der Waals surface area contributed by atoms with Crippen LogP contribution in [-0.2, 0) is 0 Å². The zero-order valence-corrected chi connectivity index (χ0v) is 9.95. The molecule has 1 aromatic rings. The van der Waals surface area contributed by atoms with E-state index in [0.717, 1.165) is 5.75 Å². The van der Waals surface area contributed by atoms with Gasteiger partial charge in [0.1, 0.15) is 5.75 Å². The highest BCUT2D eigenvalue weighted by atomic mass is 16.5. The Hall–Kier alpha value is -1.22. The van der Waals surface area contributed by atoms with Crippen LogP contribution < -0.4 is 15.4 Å². The van der Waals surface area contributed by atoms with Crippen LogP contribution in [0.1, 0.15) is 18.4 Å². The minimum absolute atomic E-state index is 0.345. The summed E-state index contributed by atoms with van der Waals surface area (Å²) in [5.41, 5.74) is 8.15. The Morgan fingerprint density at radius 2 is 2.07 bits per heavy atom. The molecule has 3 nitrogen and oxygen atoms in total. The van der Waals surface area contributed by atoms with Crippen LogP contribution in [0.25, 0.3) is 0 Å². The van der Waals surface area contributed by atoms with E-state index in [4.69, 9.17) is 10.5 Å². The number of anilines is 1. The molecular weight excluding hydrogens is 188 g/mol. The molecule has 15 heavy (non-hydrogen) atoms. The van der Waals surface area contributed by atoms with E-state index >= 15 is 0 Å². The van der Waals surface area contributed by atoms with Gasteiger partial charge >= 0.3 is 0 Å². The van der Waals surface area contributed by atoms with Crippen molar-refractivity contribution in [2.75, 3.05) is 32.6 Å². The summed E-state index contributed by atoms with van der Waals surface area (Å²) >= 11 is 0. The van der Waals surface area contributed by atoms with E-state index in [-0.39, 0.29) is 0 Å². The SMILES string of the molecule is COc1ccc(N(C)C)c(C(C)CN)c1. The van der Waals surface area contributed by atoms with Gasteiger partial charge in [0.2, 0.25) is 0 Å². The topological polar surface area (TPSA) is 38.5 Å². The molecule has 0 aliphatic heterocycles. The Labute approximate surface area is 91.8 Å². The summed E-state index contributed by atoms with van der Waals surface area (Å²) in [7, 11) is 5.75. The van der Waals surface area contributed by atoms with Gasteiger partial charge in [0.15, 0.2) is 0 Å². The largest absolute Gasteiger partial charge is 0.497 e. The average Bonchev–Trinajstić information content (AvgIpc) is 2.26. The molecule has 3 heteroatoms. The second-order valence-corrected chi connectivity index (χ2v) is 3.96. The van der Waals surface area contributed by atoms with E-state index in [1.807, 2.05) is 20.2 Å². The van der Waals surface area contributed by atoms with Crippen molar-refractivity contribution in [3.8, 4) is 5.75 Å².